The summed E-state index contributed by atoms with van der Waals surface area (Å²) in [6, 6.07) is 2.15. The number of anilines is 1. The van der Waals surface area contributed by atoms with Gasteiger partial charge in [-0.1, -0.05) is 6.92 Å². The molecular formula is C14H16F2N2O3. The Balaban J connectivity index is 2.07. The number of amides is 2. The summed E-state index contributed by atoms with van der Waals surface area (Å²) in [6.07, 6.45) is 0.782. The Morgan fingerprint density at radius 2 is 1.95 bits per heavy atom. The van der Waals surface area contributed by atoms with E-state index in [1.54, 1.807) is 6.92 Å². The van der Waals surface area contributed by atoms with Gasteiger partial charge in [0.1, 0.15) is 11.6 Å². The molecule has 2 rings (SSSR count). The Labute approximate surface area is 120 Å². The van der Waals surface area contributed by atoms with Gasteiger partial charge >= 0.3 is 12.0 Å². The Kier molecular flexibility index (Phi) is 4.11. The van der Waals surface area contributed by atoms with Crippen molar-refractivity contribution in [2.45, 2.75) is 19.8 Å². The van der Waals surface area contributed by atoms with E-state index < -0.39 is 29.0 Å². The topological polar surface area (TPSA) is 69.6 Å². The second-order valence-corrected chi connectivity index (χ2v) is 5.20. The van der Waals surface area contributed by atoms with Gasteiger partial charge in [-0.3, -0.25) is 4.79 Å². The molecule has 7 heteroatoms. The molecule has 0 aromatic heterocycles. The number of hydrogen-bond donors (Lipinski definition) is 2. The summed E-state index contributed by atoms with van der Waals surface area (Å²) in [5, 5.41) is 11.6. The lowest BCUT2D eigenvalue weighted by molar-refractivity contribution is -0.148. The zero-order chi connectivity index (χ0) is 15.6. The second-order valence-electron chi connectivity index (χ2n) is 5.20. The van der Waals surface area contributed by atoms with Crippen LogP contribution in [0.25, 0.3) is 0 Å². The van der Waals surface area contributed by atoms with Gasteiger partial charge in [0.05, 0.1) is 5.41 Å². The summed E-state index contributed by atoms with van der Waals surface area (Å²) in [4.78, 5) is 24.7. The predicted octanol–water partition coefficient (Wildman–Crippen LogP) is 2.68. The van der Waals surface area contributed by atoms with Crippen molar-refractivity contribution in [3.63, 3.8) is 0 Å². The van der Waals surface area contributed by atoms with Gasteiger partial charge in [-0.15, -0.1) is 0 Å². The number of nitrogens with one attached hydrogen (secondary N) is 1. The standard InChI is InChI=1S/C14H16F2N2O3/c1-2-14(12(19)20)3-4-18(8-14)13(21)17-11-6-9(15)5-10(16)7-11/h5-7H,2-4,8H2,1H3,(H,17,21)(H,19,20). The fourth-order valence-electron chi connectivity index (χ4n) is 2.49. The van der Waals surface area contributed by atoms with E-state index in [2.05, 4.69) is 5.32 Å². The highest BCUT2D eigenvalue weighted by Crippen LogP contribution is 2.34. The highest BCUT2D eigenvalue weighted by molar-refractivity contribution is 5.90. The van der Waals surface area contributed by atoms with Crippen molar-refractivity contribution < 1.29 is 23.5 Å². The molecule has 1 aromatic rings. The molecule has 0 radical (unpaired) electrons. The molecule has 0 bridgehead atoms. The number of urea groups is 1. The number of benzene rings is 1. The summed E-state index contributed by atoms with van der Waals surface area (Å²) >= 11 is 0. The Bertz CT molecular complexity index is 559. The van der Waals surface area contributed by atoms with Crippen LogP contribution in [0.15, 0.2) is 18.2 Å². The largest absolute Gasteiger partial charge is 0.481 e. The quantitative estimate of drug-likeness (QED) is 0.901. The minimum absolute atomic E-state index is 0.00169. The number of carboxylic acids is 1. The van der Waals surface area contributed by atoms with Crippen LogP contribution in [-0.4, -0.2) is 35.1 Å². The van der Waals surface area contributed by atoms with Gasteiger partial charge in [-0.25, -0.2) is 13.6 Å². The number of nitrogens with zero attached hydrogens (tertiary/aromatic N) is 1. The summed E-state index contributed by atoms with van der Waals surface area (Å²) in [7, 11) is 0. The number of rotatable bonds is 3. The zero-order valence-electron chi connectivity index (χ0n) is 11.5. The number of carbonyl (C=O) groups excluding carboxylic acids is 1. The van der Waals surface area contributed by atoms with E-state index in [-0.39, 0.29) is 12.2 Å². The first-order chi connectivity index (χ1) is 9.86. The van der Waals surface area contributed by atoms with Gasteiger partial charge in [0.15, 0.2) is 0 Å². The van der Waals surface area contributed by atoms with Gasteiger partial charge < -0.3 is 15.3 Å². The molecule has 1 fully saturated rings. The van der Waals surface area contributed by atoms with Crippen LogP contribution < -0.4 is 5.32 Å². The fraction of sp³-hybridized carbons (Fsp3) is 0.429. The molecule has 1 aliphatic heterocycles. The SMILES string of the molecule is CCC1(C(=O)O)CCN(C(=O)Nc2cc(F)cc(F)c2)C1. The van der Waals surface area contributed by atoms with E-state index in [4.69, 9.17) is 0 Å². The molecule has 0 aliphatic carbocycles. The molecule has 0 spiro atoms. The summed E-state index contributed by atoms with van der Waals surface area (Å²) in [6.45, 7) is 2.14. The van der Waals surface area contributed by atoms with E-state index in [0.717, 1.165) is 12.1 Å². The van der Waals surface area contributed by atoms with Crippen molar-refractivity contribution in [2.75, 3.05) is 18.4 Å². The third kappa shape index (κ3) is 3.12. The van der Waals surface area contributed by atoms with Crippen LogP contribution in [-0.2, 0) is 4.79 Å². The van der Waals surface area contributed by atoms with E-state index in [0.29, 0.717) is 25.5 Å². The minimum atomic E-state index is -0.940. The van der Waals surface area contributed by atoms with Gasteiger partial charge in [0, 0.05) is 24.8 Å². The molecular weight excluding hydrogens is 282 g/mol. The first kappa shape index (κ1) is 15.2. The summed E-state index contributed by atoms with van der Waals surface area (Å²) in [5.74, 6) is -2.52. The molecule has 2 N–H and O–H groups in total. The number of aliphatic carboxylic acids is 1. The Morgan fingerprint density at radius 1 is 1.33 bits per heavy atom. The van der Waals surface area contributed by atoms with E-state index in [1.807, 2.05) is 0 Å². The van der Waals surface area contributed by atoms with Gasteiger partial charge in [0.25, 0.3) is 0 Å². The number of halogens is 2. The van der Waals surface area contributed by atoms with Crippen molar-refractivity contribution in [1.29, 1.82) is 0 Å². The summed E-state index contributed by atoms with van der Waals surface area (Å²) < 4.78 is 26.1. The summed E-state index contributed by atoms with van der Waals surface area (Å²) in [5.41, 5.74) is -0.938. The van der Waals surface area contributed by atoms with Crippen LogP contribution in [0, 0.1) is 17.0 Å². The zero-order valence-corrected chi connectivity index (χ0v) is 11.5. The predicted molar refractivity (Wildman–Crippen MR) is 71.9 cm³/mol. The molecule has 1 atom stereocenters. The average molecular weight is 298 g/mol. The molecule has 114 valence electrons. The Morgan fingerprint density at radius 3 is 2.43 bits per heavy atom. The lowest BCUT2D eigenvalue weighted by Gasteiger charge is -2.23. The van der Waals surface area contributed by atoms with Crippen molar-refractivity contribution in [3.8, 4) is 0 Å². The van der Waals surface area contributed by atoms with Crippen molar-refractivity contribution in [2.24, 2.45) is 5.41 Å². The molecule has 21 heavy (non-hydrogen) atoms. The number of carbonyl (C=O) groups is 2. The maximum absolute atomic E-state index is 13.1. The molecule has 2 amide bonds. The normalized spacial score (nSPS) is 21.4. The second kappa shape index (κ2) is 5.67. The number of likely N-dealkylation sites (tertiary alicyclic amines) is 1. The molecule has 1 saturated heterocycles. The van der Waals surface area contributed by atoms with Crippen LogP contribution in [0.5, 0.6) is 0 Å². The number of carboxylic acid groups (broad SMARTS) is 1. The van der Waals surface area contributed by atoms with E-state index in [9.17, 15) is 23.5 Å². The van der Waals surface area contributed by atoms with Gasteiger partial charge in [0.2, 0.25) is 0 Å². The molecule has 1 unspecified atom stereocenters. The smallest absolute Gasteiger partial charge is 0.321 e. The van der Waals surface area contributed by atoms with Crippen LogP contribution in [0.4, 0.5) is 19.3 Å². The molecule has 0 saturated carbocycles. The lowest BCUT2D eigenvalue weighted by atomic mass is 9.84. The van der Waals surface area contributed by atoms with Gasteiger partial charge in [-0.2, -0.15) is 0 Å². The van der Waals surface area contributed by atoms with Crippen LogP contribution in [0.3, 0.4) is 0 Å². The van der Waals surface area contributed by atoms with E-state index >= 15 is 0 Å². The molecule has 1 aromatic carbocycles. The number of hydrogen-bond acceptors (Lipinski definition) is 2. The van der Waals surface area contributed by atoms with Crippen molar-refractivity contribution in [1.82, 2.24) is 4.90 Å². The maximum Gasteiger partial charge on any atom is 0.321 e. The van der Waals surface area contributed by atoms with Crippen molar-refractivity contribution in [3.05, 3.63) is 29.8 Å². The third-order valence-electron chi connectivity index (χ3n) is 3.89. The monoisotopic (exact) mass is 298 g/mol. The first-order valence-corrected chi connectivity index (χ1v) is 6.62. The first-order valence-electron chi connectivity index (χ1n) is 6.62. The van der Waals surface area contributed by atoms with Crippen molar-refractivity contribution >= 4 is 17.7 Å². The van der Waals surface area contributed by atoms with Crippen LogP contribution in [0.2, 0.25) is 0 Å². The minimum Gasteiger partial charge on any atom is -0.481 e. The van der Waals surface area contributed by atoms with E-state index in [1.165, 1.54) is 4.90 Å². The molecule has 5 nitrogen and oxygen atoms in total. The highest BCUT2D eigenvalue weighted by Gasteiger charge is 2.44. The third-order valence-corrected chi connectivity index (χ3v) is 3.89. The molecule has 1 heterocycles. The maximum atomic E-state index is 13.1. The lowest BCUT2D eigenvalue weighted by Crippen LogP contribution is -2.38. The van der Waals surface area contributed by atoms with Gasteiger partial charge in [-0.05, 0) is 25.0 Å². The Hall–Kier alpha value is -2.18. The molecule has 1 aliphatic rings. The highest BCUT2D eigenvalue weighted by atomic mass is 19.1. The van der Waals surface area contributed by atoms with Crippen LogP contribution in [0.1, 0.15) is 19.8 Å². The van der Waals surface area contributed by atoms with Crippen LogP contribution >= 0.6 is 0 Å². The fourth-order valence-corrected chi connectivity index (χ4v) is 2.49. The average Bonchev–Trinajstić information content (AvgIpc) is 2.83.